The molecule has 2 rings (SSSR count). The first-order valence-electron chi connectivity index (χ1n) is 7.95. The van der Waals surface area contributed by atoms with Gasteiger partial charge in [-0.2, -0.15) is 0 Å². The van der Waals surface area contributed by atoms with Crippen molar-refractivity contribution in [2.75, 3.05) is 53.1 Å². The number of nitrogens with zero attached hydrogens (tertiary/aromatic N) is 1. The number of ether oxygens (including phenoxy) is 2. The second-order valence-corrected chi connectivity index (χ2v) is 5.60. The fourth-order valence-corrected chi connectivity index (χ4v) is 2.75. The quantitative estimate of drug-likeness (QED) is 0.737. The Morgan fingerprint density at radius 3 is 2.86 bits per heavy atom. The zero-order valence-corrected chi connectivity index (χ0v) is 13.1. The molecule has 0 spiro atoms. The minimum Gasteiger partial charge on any atom is -0.382 e. The van der Waals surface area contributed by atoms with Gasteiger partial charge in [-0.1, -0.05) is 30.3 Å². The van der Waals surface area contributed by atoms with Crippen LogP contribution in [0.5, 0.6) is 0 Å². The van der Waals surface area contributed by atoms with E-state index >= 15 is 0 Å². The van der Waals surface area contributed by atoms with Crippen LogP contribution in [0, 0.1) is 0 Å². The van der Waals surface area contributed by atoms with Gasteiger partial charge in [0.2, 0.25) is 0 Å². The molecule has 0 aliphatic carbocycles. The average molecular weight is 292 g/mol. The molecule has 1 atom stereocenters. The molecule has 0 saturated carbocycles. The molecular weight excluding hydrogens is 264 g/mol. The Bertz CT molecular complexity index is 372. The van der Waals surface area contributed by atoms with Gasteiger partial charge in [0, 0.05) is 26.2 Å². The minimum absolute atomic E-state index is 0.536. The van der Waals surface area contributed by atoms with Crippen molar-refractivity contribution in [2.45, 2.75) is 18.9 Å². The standard InChI is InChI=1S/C17H28N2O2/c1-20-12-13-21-11-10-19-9-5-8-18-17(15-19)14-16-6-3-2-4-7-16/h2-4,6-7,17-18H,5,8-15H2,1H3. The summed E-state index contributed by atoms with van der Waals surface area (Å²) in [6.45, 7) is 6.54. The highest BCUT2D eigenvalue weighted by Gasteiger charge is 2.17. The monoisotopic (exact) mass is 292 g/mol. The van der Waals surface area contributed by atoms with Crippen LogP contribution < -0.4 is 5.32 Å². The summed E-state index contributed by atoms with van der Waals surface area (Å²) >= 11 is 0. The molecule has 118 valence electrons. The minimum atomic E-state index is 0.536. The van der Waals surface area contributed by atoms with Crippen LogP contribution in [0.2, 0.25) is 0 Å². The van der Waals surface area contributed by atoms with Crippen molar-refractivity contribution in [2.24, 2.45) is 0 Å². The van der Waals surface area contributed by atoms with Crippen molar-refractivity contribution >= 4 is 0 Å². The summed E-state index contributed by atoms with van der Waals surface area (Å²) < 4.78 is 10.6. The van der Waals surface area contributed by atoms with Crippen molar-refractivity contribution in [1.82, 2.24) is 10.2 Å². The van der Waals surface area contributed by atoms with Crippen LogP contribution in [-0.4, -0.2) is 64.1 Å². The van der Waals surface area contributed by atoms with Gasteiger partial charge in [-0.15, -0.1) is 0 Å². The SMILES string of the molecule is COCCOCCN1CCCNC(Cc2ccccc2)C1. The van der Waals surface area contributed by atoms with Crippen LogP contribution in [-0.2, 0) is 15.9 Å². The number of hydrogen-bond acceptors (Lipinski definition) is 4. The summed E-state index contributed by atoms with van der Waals surface area (Å²) in [5.74, 6) is 0. The summed E-state index contributed by atoms with van der Waals surface area (Å²) in [5, 5.41) is 3.67. The third kappa shape index (κ3) is 6.57. The number of nitrogens with one attached hydrogen (secondary N) is 1. The van der Waals surface area contributed by atoms with E-state index in [0.29, 0.717) is 19.3 Å². The van der Waals surface area contributed by atoms with E-state index in [9.17, 15) is 0 Å². The van der Waals surface area contributed by atoms with Crippen molar-refractivity contribution in [3.63, 3.8) is 0 Å². The maximum atomic E-state index is 5.58. The average Bonchev–Trinajstić information content (AvgIpc) is 2.73. The molecule has 0 radical (unpaired) electrons. The lowest BCUT2D eigenvalue weighted by Gasteiger charge is -2.24. The van der Waals surface area contributed by atoms with Crippen LogP contribution in [0.1, 0.15) is 12.0 Å². The Hall–Kier alpha value is -0.940. The summed E-state index contributed by atoms with van der Waals surface area (Å²) in [4.78, 5) is 2.51. The predicted molar refractivity (Wildman–Crippen MR) is 85.7 cm³/mol. The second kappa shape index (κ2) is 9.90. The molecule has 0 bridgehead atoms. The van der Waals surface area contributed by atoms with E-state index in [4.69, 9.17) is 9.47 Å². The number of benzene rings is 1. The Kier molecular flexibility index (Phi) is 7.75. The van der Waals surface area contributed by atoms with Gasteiger partial charge in [0.15, 0.2) is 0 Å². The van der Waals surface area contributed by atoms with Gasteiger partial charge in [-0.3, -0.25) is 4.90 Å². The molecule has 1 aromatic carbocycles. The van der Waals surface area contributed by atoms with E-state index in [2.05, 4.69) is 40.5 Å². The lowest BCUT2D eigenvalue weighted by Crippen LogP contribution is -2.40. The van der Waals surface area contributed by atoms with Gasteiger partial charge in [0.1, 0.15) is 0 Å². The Morgan fingerprint density at radius 2 is 2.05 bits per heavy atom. The Balaban J connectivity index is 1.73. The van der Waals surface area contributed by atoms with Crippen LogP contribution in [0.25, 0.3) is 0 Å². The van der Waals surface area contributed by atoms with Gasteiger partial charge in [-0.05, 0) is 31.5 Å². The molecule has 0 amide bonds. The zero-order valence-electron chi connectivity index (χ0n) is 13.1. The highest BCUT2D eigenvalue weighted by atomic mass is 16.5. The first-order chi connectivity index (χ1) is 10.4. The first-order valence-corrected chi connectivity index (χ1v) is 7.95. The van der Waals surface area contributed by atoms with Gasteiger partial charge in [-0.25, -0.2) is 0 Å². The maximum absolute atomic E-state index is 5.58. The van der Waals surface area contributed by atoms with Gasteiger partial charge in [0.25, 0.3) is 0 Å². The van der Waals surface area contributed by atoms with E-state index in [-0.39, 0.29) is 0 Å². The van der Waals surface area contributed by atoms with Gasteiger partial charge < -0.3 is 14.8 Å². The highest BCUT2D eigenvalue weighted by molar-refractivity contribution is 5.16. The van der Waals surface area contributed by atoms with Crippen LogP contribution in [0.3, 0.4) is 0 Å². The molecule has 1 fully saturated rings. The molecule has 1 unspecified atom stereocenters. The molecule has 1 heterocycles. The molecule has 1 saturated heterocycles. The second-order valence-electron chi connectivity index (χ2n) is 5.60. The number of rotatable bonds is 8. The number of hydrogen-bond donors (Lipinski definition) is 1. The van der Waals surface area contributed by atoms with E-state index in [1.165, 1.54) is 12.0 Å². The highest BCUT2D eigenvalue weighted by Crippen LogP contribution is 2.07. The van der Waals surface area contributed by atoms with E-state index < -0.39 is 0 Å². The molecule has 0 aromatic heterocycles. The smallest absolute Gasteiger partial charge is 0.0700 e. The van der Waals surface area contributed by atoms with E-state index in [0.717, 1.165) is 39.2 Å². The molecule has 4 heteroatoms. The van der Waals surface area contributed by atoms with Crippen LogP contribution in [0.4, 0.5) is 0 Å². The largest absolute Gasteiger partial charge is 0.382 e. The molecule has 21 heavy (non-hydrogen) atoms. The normalized spacial score (nSPS) is 20.3. The fourth-order valence-electron chi connectivity index (χ4n) is 2.75. The Morgan fingerprint density at radius 1 is 1.19 bits per heavy atom. The van der Waals surface area contributed by atoms with Gasteiger partial charge in [0.05, 0.1) is 19.8 Å². The van der Waals surface area contributed by atoms with Crippen LogP contribution in [0.15, 0.2) is 30.3 Å². The fraction of sp³-hybridized carbons (Fsp3) is 0.647. The zero-order chi connectivity index (χ0) is 14.8. The lowest BCUT2D eigenvalue weighted by molar-refractivity contribution is 0.0569. The molecule has 1 aromatic rings. The van der Waals surface area contributed by atoms with Gasteiger partial charge >= 0.3 is 0 Å². The van der Waals surface area contributed by atoms with Crippen molar-refractivity contribution in [3.8, 4) is 0 Å². The predicted octanol–water partition coefficient (Wildman–Crippen LogP) is 1.56. The third-order valence-corrected chi connectivity index (χ3v) is 3.87. The summed E-state index contributed by atoms with van der Waals surface area (Å²) in [7, 11) is 1.71. The Labute approximate surface area is 128 Å². The summed E-state index contributed by atoms with van der Waals surface area (Å²) in [6, 6.07) is 11.3. The van der Waals surface area contributed by atoms with Crippen molar-refractivity contribution < 1.29 is 9.47 Å². The summed E-state index contributed by atoms with van der Waals surface area (Å²) in [6.07, 6.45) is 2.31. The molecule has 1 aliphatic heterocycles. The van der Waals surface area contributed by atoms with E-state index in [1.807, 2.05) is 0 Å². The molecule has 4 nitrogen and oxygen atoms in total. The number of methoxy groups -OCH3 is 1. The maximum Gasteiger partial charge on any atom is 0.0700 e. The van der Waals surface area contributed by atoms with Crippen molar-refractivity contribution in [3.05, 3.63) is 35.9 Å². The molecule has 1 aliphatic rings. The molecular formula is C17H28N2O2. The van der Waals surface area contributed by atoms with Crippen LogP contribution >= 0.6 is 0 Å². The molecule has 1 N–H and O–H groups in total. The lowest BCUT2D eigenvalue weighted by atomic mass is 10.1. The van der Waals surface area contributed by atoms with E-state index in [1.54, 1.807) is 7.11 Å². The topological polar surface area (TPSA) is 33.7 Å². The van der Waals surface area contributed by atoms with Crippen molar-refractivity contribution in [1.29, 1.82) is 0 Å². The first kappa shape index (κ1) is 16.4. The summed E-state index contributed by atoms with van der Waals surface area (Å²) in [5.41, 5.74) is 1.41. The third-order valence-electron chi connectivity index (χ3n) is 3.87.